The largest absolute Gasteiger partial charge is 0.296 e. The first-order valence-corrected chi connectivity index (χ1v) is 3.04. The standard InChI is InChI=1S/C7H4F3NO/c8-5-1-4(7(9)10)2-11-6(5)3-12/h1-3,7H. The van der Waals surface area contributed by atoms with Crippen molar-refractivity contribution in [3.8, 4) is 0 Å². The number of nitrogens with zero attached hydrogens (tertiary/aromatic N) is 1. The normalized spacial score (nSPS) is 10.3. The molecule has 0 aliphatic rings. The molecular formula is C7H4F3NO. The van der Waals surface area contributed by atoms with Crippen LogP contribution in [0.1, 0.15) is 22.5 Å². The highest BCUT2D eigenvalue weighted by molar-refractivity contribution is 5.71. The lowest BCUT2D eigenvalue weighted by Gasteiger charge is -1.98. The zero-order valence-corrected chi connectivity index (χ0v) is 5.80. The van der Waals surface area contributed by atoms with Gasteiger partial charge in [0.05, 0.1) is 0 Å². The number of hydrogen-bond acceptors (Lipinski definition) is 2. The second-order valence-corrected chi connectivity index (χ2v) is 2.05. The summed E-state index contributed by atoms with van der Waals surface area (Å²) in [5.41, 5.74) is -0.988. The molecule has 1 rings (SSSR count). The van der Waals surface area contributed by atoms with E-state index < -0.39 is 23.5 Å². The van der Waals surface area contributed by atoms with Crippen molar-refractivity contribution in [1.82, 2.24) is 4.98 Å². The highest BCUT2D eigenvalue weighted by atomic mass is 19.3. The van der Waals surface area contributed by atoms with Crippen LogP contribution in [0.25, 0.3) is 0 Å². The van der Waals surface area contributed by atoms with E-state index in [1.165, 1.54) is 0 Å². The van der Waals surface area contributed by atoms with Gasteiger partial charge >= 0.3 is 0 Å². The predicted molar refractivity (Wildman–Crippen MR) is 34.5 cm³/mol. The van der Waals surface area contributed by atoms with Gasteiger partial charge < -0.3 is 0 Å². The minimum atomic E-state index is -2.77. The third-order valence-corrected chi connectivity index (χ3v) is 1.25. The molecule has 0 spiro atoms. The minimum absolute atomic E-state index is 0.171. The summed E-state index contributed by atoms with van der Waals surface area (Å²) in [5, 5.41) is 0. The van der Waals surface area contributed by atoms with Crippen molar-refractivity contribution in [3.63, 3.8) is 0 Å². The van der Waals surface area contributed by atoms with Crippen molar-refractivity contribution in [1.29, 1.82) is 0 Å². The van der Waals surface area contributed by atoms with E-state index in [-0.39, 0.29) is 6.29 Å². The van der Waals surface area contributed by atoms with E-state index in [2.05, 4.69) is 4.98 Å². The highest BCUT2D eigenvalue weighted by Crippen LogP contribution is 2.18. The summed E-state index contributed by atoms with van der Waals surface area (Å²) in [6, 6.07) is 0.599. The molecule has 0 saturated heterocycles. The van der Waals surface area contributed by atoms with E-state index in [0.29, 0.717) is 6.07 Å². The highest BCUT2D eigenvalue weighted by Gasteiger charge is 2.10. The number of aromatic nitrogens is 1. The van der Waals surface area contributed by atoms with E-state index in [1.807, 2.05) is 0 Å². The van der Waals surface area contributed by atoms with Crippen LogP contribution in [-0.2, 0) is 0 Å². The summed E-state index contributed by atoms with van der Waals surface area (Å²) in [5.74, 6) is -1.03. The molecule has 0 saturated carbocycles. The topological polar surface area (TPSA) is 30.0 Å². The van der Waals surface area contributed by atoms with Crippen LogP contribution in [0.15, 0.2) is 12.3 Å². The summed E-state index contributed by atoms with van der Waals surface area (Å²) in [4.78, 5) is 13.2. The van der Waals surface area contributed by atoms with Crippen LogP contribution in [-0.4, -0.2) is 11.3 Å². The first-order chi connectivity index (χ1) is 5.65. The van der Waals surface area contributed by atoms with Gasteiger partial charge in [-0.2, -0.15) is 0 Å². The Morgan fingerprint density at radius 1 is 1.50 bits per heavy atom. The molecule has 0 amide bonds. The molecule has 12 heavy (non-hydrogen) atoms. The molecule has 0 atom stereocenters. The number of hydrogen-bond donors (Lipinski definition) is 0. The van der Waals surface area contributed by atoms with Crippen molar-refractivity contribution in [3.05, 3.63) is 29.3 Å². The van der Waals surface area contributed by atoms with Crippen LogP contribution in [0.3, 0.4) is 0 Å². The Balaban J connectivity index is 3.10. The zero-order chi connectivity index (χ0) is 9.14. The molecule has 0 fully saturated rings. The Labute approximate surface area is 66.0 Å². The fraction of sp³-hybridized carbons (Fsp3) is 0.143. The van der Waals surface area contributed by atoms with Crippen molar-refractivity contribution >= 4 is 6.29 Å². The third-order valence-electron chi connectivity index (χ3n) is 1.25. The molecular weight excluding hydrogens is 171 g/mol. The lowest BCUT2D eigenvalue weighted by molar-refractivity contribution is 0.111. The van der Waals surface area contributed by atoms with Crippen LogP contribution < -0.4 is 0 Å². The van der Waals surface area contributed by atoms with Crippen LogP contribution in [0.4, 0.5) is 13.2 Å². The molecule has 1 aromatic heterocycles. The number of aldehydes is 1. The molecule has 5 heteroatoms. The maximum absolute atomic E-state index is 12.6. The van der Waals surface area contributed by atoms with Crippen LogP contribution in [0, 0.1) is 5.82 Å². The second-order valence-electron chi connectivity index (χ2n) is 2.05. The number of halogens is 3. The second kappa shape index (κ2) is 3.34. The molecule has 0 N–H and O–H groups in total. The van der Waals surface area contributed by atoms with Crippen molar-refractivity contribution in [2.75, 3.05) is 0 Å². The van der Waals surface area contributed by atoms with Crippen LogP contribution in [0.2, 0.25) is 0 Å². The lowest BCUT2D eigenvalue weighted by Crippen LogP contribution is -1.95. The van der Waals surface area contributed by atoms with E-state index in [0.717, 1.165) is 6.20 Å². The quantitative estimate of drug-likeness (QED) is 0.643. The van der Waals surface area contributed by atoms with Crippen molar-refractivity contribution in [2.24, 2.45) is 0 Å². The summed E-state index contributed by atoms with van der Waals surface area (Å²) >= 11 is 0. The Hall–Kier alpha value is -1.39. The lowest BCUT2D eigenvalue weighted by atomic mass is 10.2. The Morgan fingerprint density at radius 3 is 2.58 bits per heavy atom. The van der Waals surface area contributed by atoms with E-state index in [1.54, 1.807) is 0 Å². The number of carbonyl (C=O) groups is 1. The SMILES string of the molecule is O=Cc1ncc(C(F)F)cc1F. The predicted octanol–water partition coefficient (Wildman–Crippen LogP) is 1.97. The third kappa shape index (κ3) is 1.61. The number of pyridine rings is 1. The van der Waals surface area contributed by atoms with Crippen LogP contribution in [0.5, 0.6) is 0 Å². The molecule has 0 aliphatic carbocycles. The molecule has 1 heterocycles. The fourth-order valence-corrected chi connectivity index (χ4v) is 0.669. The van der Waals surface area contributed by atoms with Gasteiger partial charge in [0, 0.05) is 11.8 Å². The Bertz CT molecular complexity index is 301. The molecule has 64 valence electrons. The molecule has 2 nitrogen and oxygen atoms in total. The summed E-state index contributed by atoms with van der Waals surface area (Å²) in [7, 11) is 0. The smallest absolute Gasteiger partial charge is 0.265 e. The minimum Gasteiger partial charge on any atom is -0.296 e. The molecule has 1 aromatic rings. The van der Waals surface area contributed by atoms with Gasteiger partial charge in [-0.05, 0) is 6.07 Å². The fourth-order valence-electron chi connectivity index (χ4n) is 0.669. The van der Waals surface area contributed by atoms with Gasteiger partial charge in [-0.1, -0.05) is 0 Å². The summed E-state index contributed by atoms with van der Waals surface area (Å²) in [6.07, 6.45) is -1.82. The van der Waals surface area contributed by atoms with Crippen molar-refractivity contribution in [2.45, 2.75) is 6.43 Å². The van der Waals surface area contributed by atoms with Gasteiger partial charge in [0.15, 0.2) is 12.1 Å². The zero-order valence-electron chi connectivity index (χ0n) is 5.80. The van der Waals surface area contributed by atoms with Crippen LogP contribution >= 0.6 is 0 Å². The number of rotatable bonds is 2. The van der Waals surface area contributed by atoms with E-state index in [4.69, 9.17) is 0 Å². The number of carbonyl (C=O) groups excluding carboxylic acids is 1. The maximum atomic E-state index is 12.6. The average Bonchev–Trinajstić information content (AvgIpc) is 2.04. The molecule has 0 unspecified atom stereocenters. The Morgan fingerprint density at radius 2 is 2.17 bits per heavy atom. The molecule has 0 aliphatic heterocycles. The first-order valence-electron chi connectivity index (χ1n) is 3.04. The first kappa shape index (κ1) is 8.70. The van der Waals surface area contributed by atoms with Gasteiger partial charge in [0.1, 0.15) is 5.69 Å². The van der Waals surface area contributed by atoms with Gasteiger partial charge in [-0.25, -0.2) is 18.2 Å². The molecule has 0 radical (unpaired) electrons. The van der Waals surface area contributed by atoms with Gasteiger partial charge in [0.25, 0.3) is 6.43 Å². The summed E-state index contributed by atoms with van der Waals surface area (Å²) < 4.78 is 36.4. The summed E-state index contributed by atoms with van der Waals surface area (Å²) in [6.45, 7) is 0. The van der Waals surface area contributed by atoms with Gasteiger partial charge in [0.2, 0.25) is 0 Å². The monoisotopic (exact) mass is 175 g/mol. The van der Waals surface area contributed by atoms with Crippen molar-refractivity contribution < 1.29 is 18.0 Å². The number of alkyl halides is 2. The molecule has 0 aromatic carbocycles. The Kier molecular flexibility index (Phi) is 2.42. The van der Waals surface area contributed by atoms with Gasteiger partial charge in [-0.3, -0.25) is 4.79 Å². The van der Waals surface area contributed by atoms with E-state index >= 15 is 0 Å². The van der Waals surface area contributed by atoms with E-state index in [9.17, 15) is 18.0 Å². The molecule has 0 bridgehead atoms. The maximum Gasteiger partial charge on any atom is 0.265 e. The van der Waals surface area contributed by atoms with Gasteiger partial charge in [-0.15, -0.1) is 0 Å². The average molecular weight is 175 g/mol.